The van der Waals surface area contributed by atoms with Crippen molar-refractivity contribution >= 4 is 5.96 Å². The molecule has 0 bridgehead atoms. The van der Waals surface area contributed by atoms with Crippen LogP contribution in [0.4, 0.5) is 17.6 Å². The van der Waals surface area contributed by atoms with Gasteiger partial charge in [-0.3, -0.25) is 9.89 Å². The number of hydrogen-bond acceptors (Lipinski definition) is 2. The van der Waals surface area contributed by atoms with Crippen molar-refractivity contribution in [3.8, 4) is 0 Å². The molecule has 0 aromatic heterocycles. The van der Waals surface area contributed by atoms with Crippen molar-refractivity contribution in [2.24, 2.45) is 4.99 Å². The van der Waals surface area contributed by atoms with E-state index in [0.717, 1.165) is 5.56 Å². The minimum atomic E-state index is -4.20. The van der Waals surface area contributed by atoms with Crippen LogP contribution >= 0.6 is 0 Å². The lowest BCUT2D eigenvalue weighted by Crippen LogP contribution is -2.56. The normalized spacial score (nSPS) is 18.3. The maximum absolute atomic E-state index is 12.9. The second-order valence-electron chi connectivity index (χ2n) is 6.09. The average Bonchev–Trinajstić information content (AvgIpc) is 2.59. The number of nitrogens with zero attached hydrogens (tertiary/aromatic N) is 3. The summed E-state index contributed by atoms with van der Waals surface area (Å²) in [5.74, 6) is 0.417. The highest BCUT2D eigenvalue weighted by Crippen LogP contribution is 2.25. The summed E-state index contributed by atoms with van der Waals surface area (Å²) in [6.07, 6.45) is -3.48. The minimum absolute atomic E-state index is 0.265. The lowest BCUT2D eigenvalue weighted by molar-refractivity contribution is -0.181. The first kappa shape index (κ1) is 19.5. The third-order valence-electron chi connectivity index (χ3n) is 4.46. The Bertz CT molecular complexity index is 563. The van der Waals surface area contributed by atoms with Gasteiger partial charge in [0.25, 0.3) is 0 Å². The van der Waals surface area contributed by atoms with Crippen molar-refractivity contribution in [2.75, 3.05) is 39.8 Å². The molecular formula is C17H24F4N4. The lowest BCUT2D eigenvalue weighted by Gasteiger charge is -2.39. The number of nitrogens with one attached hydrogen (secondary N) is 1. The number of halogens is 4. The van der Waals surface area contributed by atoms with Crippen LogP contribution in [0.25, 0.3) is 0 Å². The highest BCUT2D eigenvalue weighted by Gasteiger charge is 2.41. The van der Waals surface area contributed by atoms with Gasteiger partial charge in [0.15, 0.2) is 5.96 Å². The molecule has 0 aliphatic carbocycles. The van der Waals surface area contributed by atoms with E-state index in [1.165, 1.54) is 24.0 Å². The predicted octanol–water partition coefficient (Wildman–Crippen LogP) is 2.51. The van der Waals surface area contributed by atoms with Crippen LogP contribution in [-0.4, -0.2) is 67.7 Å². The second-order valence-corrected chi connectivity index (χ2v) is 6.09. The van der Waals surface area contributed by atoms with Crippen LogP contribution in [-0.2, 0) is 6.42 Å². The molecule has 1 aromatic rings. The average molecular weight is 360 g/mol. The zero-order valence-corrected chi connectivity index (χ0v) is 14.5. The SMILES string of the molecule is CN=C(NCCc1ccc(F)cc1)N1CCN(C(C)C(F)(F)F)CC1. The molecular weight excluding hydrogens is 336 g/mol. The van der Waals surface area contributed by atoms with E-state index in [4.69, 9.17) is 0 Å². The summed E-state index contributed by atoms with van der Waals surface area (Å²) in [6, 6.07) is 4.88. The van der Waals surface area contributed by atoms with Gasteiger partial charge < -0.3 is 10.2 Å². The number of hydrogen-bond donors (Lipinski definition) is 1. The third kappa shape index (κ3) is 5.59. The first-order valence-electron chi connectivity index (χ1n) is 8.32. The summed E-state index contributed by atoms with van der Waals surface area (Å²) in [7, 11) is 1.66. The monoisotopic (exact) mass is 360 g/mol. The fraction of sp³-hybridized carbons (Fsp3) is 0.588. The highest BCUT2D eigenvalue weighted by atomic mass is 19.4. The van der Waals surface area contributed by atoms with Crippen LogP contribution in [0.3, 0.4) is 0 Å². The molecule has 0 amide bonds. The molecule has 0 saturated carbocycles. The Kier molecular flexibility index (Phi) is 6.64. The Hall–Kier alpha value is -1.83. The zero-order valence-electron chi connectivity index (χ0n) is 14.5. The van der Waals surface area contributed by atoms with Crippen molar-refractivity contribution in [1.82, 2.24) is 15.1 Å². The summed E-state index contributed by atoms with van der Waals surface area (Å²) in [5.41, 5.74) is 1.01. The van der Waals surface area contributed by atoms with Crippen molar-refractivity contribution in [1.29, 1.82) is 0 Å². The number of aliphatic imine (C=N–C) groups is 1. The molecule has 140 valence electrons. The molecule has 1 heterocycles. The highest BCUT2D eigenvalue weighted by molar-refractivity contribution is 5.80. The summed E-state index contributed by atoms with van der Waals surface area (Å²) in [4.78, 5) is 7.62. The van der Waals surface area contributed by atoms with E-state index < -0.39 is 12.2 Å². The standard InChI is InChI=1S/C17H24F4N4/c1-13(17(19,20)21)24-9-11-25(12-10-24)16(22-2)23-8-7-14-3-5-15(18)6-4-14/h3-6,13H,7-12H2,1-2H3,(H,22,23). The fourth-order valence-corrected chi connectivity index (χ4v) is 2.83. The van der Waals surface area contributed by atoms with Crippen LogP contribution in [0.15, 0.2) is 29.3 Å². The molecule has 1 fully saturated rings. The van der Waals surface area contributed by atoms with Crippen molar-refractivity contribution in [3.63, 3.8) is 0 Å². The summed E-state index contributed by atoms with van der Waals surface area (Å²) in [6.45, 7) is 3.51. The van der Waals surface area contributed by atoms with E-state index in [1.807, 2.05) is 4.90 Å². The van der Waals surface area contributed by atoms with E-state index >= 15 is 0 Å². The number of rotatable bonds is 4. The number of benzene rings is 1. The topological polar surface area (TPSA) is 30.9 Å². The zero-order chi connectivity index (χ0) is 18.4. The maximum atomic E-state index is 12.9. The predicted molar refractivity (Wildman–Crippen MR) is 90.1 cm³/mol. The van der Waals surface area contributed by atoms with Gasteiger partial charge in [-0.05, 0) is 31.0 Å². The summed E-state index contributed by atoms with van der Waals surface area (Å²) < 4.78 is 51.3. The van der Waals surface area contributed by atoms with E-state index in [1.54, 1.807) is 19.2 Å². The van der Waals surface area contributed by atoms with E-state index in [0.29, 0.717) is 45.1 Å². The van der Waals surface area contributed by atoms with Crippen molar-refractivity contribution in [2.45, 2.75) is 25.6 Å². The Morgan fingerprint density at radius 3 is 2.28 bits per heavy atom. The van der Waals surface area contributed by atoms with Gasteiger partial charge in [0.1, 0.15) is 11.9 Å². The molecule has 0 radical (unpaired) electrons. The van der Waals surface area contributed by atoms with Gasteiger partial charge in [0.2, 0.25) is 0 Å². The van der Waals surface area contributed by atoms with Gasteiger partial charge in [-0.1, -0.05) is 12.1 Å². The first-order chi connectivity index (χ1) is 11.8. The summed E-state index contributed by atoms with van der Waals surface area (Å²) >= 11 is 0. The Morgan fingerprint density at radius 2 is 1.76 bits per heavy atom. The van der Waals surface area contributed by atoms with E-state index in [-0.39, 0.29) is 5.82 Å². The number of piperazine rings is 1. The second kappa shape index (κ2) is 8.51. The minimum Gasteiger partial charge on any atom is -0.356 e. The van der Waals surface area contributed by atoms with Crippen LogP contribution < -0.4 is 5.32 Å². The van der Waals surface area contributed by atoms with E-state index in [2.05, 4.69) is 10.3 Å². The Labute approximate surface area is 145 Å². The molecule has 25 heavy (non-hydrogen) atoms. The van der Waals surface area contributed by atoms with Crippen molar-refractivity contribution in [3.05, 3.63) is 35.6 Å². The van der Waals surface area contributed by atoms with Crippen molar-refractivity contribution < 1.29 is 17.6 Å². The van der Waals surface area contributed by atoms with Gasteiger partial charge in [-0.2, -0.15) is 13.2 Å². The molecule has 2 rings (SSSR count). The first-order valence-corrected chi connectivity index (χ1v) is 8.32. The smallest absolute Gasteiger partial charge is 0.356 e. The molecule has 8 heteroatoms. The third-order valence-corrected chi connectivity index (χ3v) is 4.46. The molecule has 4 nitrogen and oxygen atoms in total. The number of alkyl halides is 3. The van der Waals surface area contributed by atoms with Gasteiger partial charge in [-0.25, -0.2) is 4.39 Å². The quantitative estimate of drug-likeness (QED) is 0.509. The molecule has 0 spiro atoms. The largest absolute Gasteiger partial charge is 0.403 e. The lowest BCUT2D eigenvalue weighted by atomic mass is 10.1. The molecule has 1 aliphatic heterocycles. The van der Waals surface area contributed by atoms with Crippen LogP contribution in [0, 0.1) is 5.82 Å². The van der Waals surface area contributed by atoms with Gasteiger partial charge in [0, 0.05) is 39.8 Å². The van der Waals surface area contributed by atoms with Gasteiger partial charge in [0.05, 0.1) is 0 Å². The molecule has 1 aromatic carbocycles. The Balaban J connectivity index is 1.79. The van der Waals surface area contributed by atoms with Gasteiger partial charge in [-0.15, -0.1) is 0 Å². The molecule has 1 unspecified atom stereocenters. The van der Waals surface area contributed by atoms with Gasteiger partial charge >= 0.3 is 6.18 Å². The molecule has 1 saturated heterocycles. The fourth-order valence-electron chi connectivity index (χ4n) is 2.83. The van der Waals surface area contributed by atoms with Crippen LogP contribution in [0.2, 0.25) is 0 Å². The molecule has 1 atom stereocenters. The van der Waals surface area contributed by atoms with E-state index in [9.17, 15) is 17.6 Å². The molecule has 1 aliphatic rings. The summed E-state index contributed by atoms with van der Waals surface area (Å²) in [5, 5.41) is 3.22. The Morgan fingerprint density at radius 1 is 1.16 bits per heavy atom. The molecule has 1 N–H and O–H groups in total. The number of guanidine groups is 1. The van der Waals surface area contributed by atoms with Crippen LogP contribution in [0.5, 0.6) is 0 Å². The van der Waals surface area contributed by atoms with Crippen LogP contribution in [0.1, 0.15) is 12.5 Å². The maximum Gasteiger partial charge on any atom is 0.403 e.